The minimum Gasteiger partial charge on any atom is -0.478 e. The number of aliphatic carboxylic acids is 1. The van der Waals surface area contributed by atoms with E-state index in [2.05, 4.69) is 5.32 Å². The van der Waals surface area contributed by atoms with Crippen LogP contribution in [-0.2, 0) is 4.79 Å². The quantitative estimate of drug-likeness (QED) is 0.792. The van der Waals surface area contributed by atoms with E-state index in [0.717, 1.165) is 11.0 Å². The van der Waals surface area contributed by atoms with Gasteiger partial charge in [-0.25, -0.2) is 4.79 Å². The number of carboxylic acid groups (broad SMARTS) is 1. The molecule has 20 heavy (non-hydrogen) atoms. The van der Waals surface area contributed by atoms with Crippen molar-refractivity contribution in [1.82, 2.24) is 5.32 Å². The van der Waals surface area contributed by atoms with Crippen LogP contribution in [0.5, 0.6) is 0 Å². The first-order valence-corrected chi connectivity index (χ1v) is 7.82. The molecule has 0 spiro atoms. The minimum atomic E-state index is -0.980. The predicted molar refractivity (Wildman–Crippen MR) is 77.7 cm³/mol. The van der Waals surface area contributed by atoms with E-state index in [9.17, 15) is 9.59 Å². The Morgan fingerprint density at radius 1 is 1.30 bits per heavy atom. The maximum Gasteiger partial charge on any atom is 0.328 e. The first kappa shape index (κ1) is 13.4. The Labute approximate surface area is 121 Å². The van der Waals surface area contributed by atoms with E-state index >= 15 is 0 Å². The summed E-state index contributed by atoms with van der Waals surface area (Å²) in [5.74, 6) is 0.347. The molecule has 4 nitrogen and oxygen atoms in total. The number of thiophene rings is 1. The summed E-state index contributed by atoms with van der Waals surface area (Å²) >= 11 is 1.38. The van der Waals surface area contributed by atoms with Crippen molar-refractivity contribution in [1.29, 1.82) is 0 Å². The lowest BCUT2D eigenvalue weighted by Crippen LogP contribution is -2.37. The Hall–Kier alpha value is -1.62. The summed E-state index contributed by atoms with van der Waals surface area (Å²) in [5.41, 5.74) is 0.631. The summed E-state index contributed by atoms with van der Waals surface area (Å²) in [6, 6.07) is 2.09. The second kappa shape index (κ2) is 5.40. The minimum absolute atomic E-state index is 0.0278. The molecule has 1 heterocycles. The van der Waals surface area contributed by atoms with E-state index in [0.29, 0.717) is 23.4 Å². The van der Waals surface area contributed by atoms with Gasteiger partial charge in [0.1, 0.15) is 0 Å². The molecule has 5 heteroatoms. The van der Waals surface area contributed by atoms with Crippen molar-refractivity contribution >= 4 is 29.3 Å². The highest BCUT2D eigenvalue weighted by molar-refractivity contribution is 7.11. The molecule has 0 bridgehead atoms. The van der Waals surface area contributed by atoms with Gasteiger partial charge in [0, 0.05) is 22.4 Å². The first-order valence-electron chi connectivity index (χ1n) is 6.94. The molecule has 2 aliphatic rings. The Morgan fingerprint density at radius 3 is 2.50 bits per heavy atom. The molecular weight excluding hydrogens is 274 g/mol. The Kier molecular flexibility index (Phi) is 3.61. The highest BCUT2D eigenvalue weighted by Crippen LogP contribution is 2.44. The van der Waals surface area contributed by atoms with Crippen molar-refractivity contribution in [3.63, 3.8) is 0 Å². The molecule has 2 N–H and O–H groups in total. The lowest BCUT2D eigenvalue weighted by molar-refractivity contribution is -0.131. The zero-order valence-electron chi connectivity index (χ0n) is 11.0. The fraction of sp³-hybridized carbons (Fsp3) is 0.467. The molecule has 0 atom stereocenters. The predicted octanol–water partition coefficient (Wildman–Crippen LogP) is 2.76. The molecule has 3 rings (SSSR count). The van der Waals surface area contributed by atoms with Crippen LogP contribution in [-0.4, -0.2) is 23.0 Å². The molecule has 1 amide bonds. The van der Waals surface area contributed by atoms with E-state index in [1.807, 2.05) is 0 Å². The van der Waals surface area contributed by atoms with Crippen molar-refractivity contribution in [3.8, 4) is 0 Å². The van der Waals surface area contributed by atoms with Crippen LogP contribution < -0.4 is 5.32 Å². The van der Waals surface area contributed by atoms with Gasteiger partial charge in [0.25, 0.3) is 5.91 Å². The summed E-state index contributed by atoms with van der Waals surface area (Å²) in [7, 11) is 0. The molecule has 2 saturated carbocycles. The summed E-state index contributed by atoms with van der Waals surface area (Å²) in [6.45, 7) is 0. The summed E-state index contributed by atoms with van der Waals surface area (Å²) in [6.07, 6.45) is 7.54. The van der Waals surface area contributed by atoms with Gasteiger partial charge in [-0.05, 0) is 49.7 Å². The normalized spacial score (nSPS) is 18.6. The Morgan fingerprint density at radius 2 is 1.95 bits per heavy atom. The number of carboxylic acids is 1. The highest BCUT2D eigenvalue weighted by Gasteiger charge is 2.42. The van der Waals surface area contributed by atoms with Crippen LogP contribution in [0.3, 0.4) is 0 Å². The number of hydrogen-bond acceptors (Lipinski definition) is 3. The third-order valence-electron chi connectivity index (χ3n) is 3.83. The number of rotatable bonds is 6. The topological polar surface area (TPSA) is 66.4 Å². The zero-order valence-corrected chi connectivity index (χ0v) is 11.9. The summed E-state index contributed by atoms with van der Waals surface area (Å²) < 4.78 is 0. The second-order valence-corrected chi connectivity index (χ2v) is 6.53. The van der Waals surface area contributed by atoms with Crippen molar-refractivity contribution in [2.75, 3.05) is 0 Å². The molecule has 1 aromatic rings. The average molecular weight is 291 g/mol. The van der Waals surface area contributed by atoms with E-state index < -0.39 is 5.97 Å². The third-order valence-corrected chi connectivity index (χ3v) is 4.73. The van der Waals surface area contributed by atoms with E-state index in [-0.39, 0.29) is 5.91 Å². The van der Waals surface area contributed by atoms with E-state index in [4.69, 9.17) is 5.11 Å². The Balaban J connectivity index is 1.63. The number of amides is 1. The third kappa shape index (κ3) is 3.28. The lowest BCUT2D eigenvalue weighted by atomic mass is 10.1. The van der Waals surface area contributed by atoms with Crippen molar-refractivity contribution in [3.05, 3.63) is 28.0 Å². The monoisotopic (exact) mass is 291 g/mol. The molecule has 0 aliphatic heterocycles. The van der Waals surface area contributed by atoms with Crippen LogP contribution in [0.25, 0.3) is 6.08 Å². The van der Waals surface area contributed by atoms with Gasteiger partial charge in [0.15, 0.2) is 0 Å². The standard InChI is InChI=1S/C15H17NO3S/c17-13(18)6-5-12-7-11(8-20-12)15(19)16-14(9-1-2-9)10-3-4-10/h5-10,14H,1-4H2,(H,16,19)(H,17,18). The maximum absolute atomic E-state index is 12.2. The molecule has 1 aromatic heterocycles. The summed E-state index contributed by atoms with van der Waals surface area (Å²) in [5, 5.41) is 13.5. The van der Waals surface area contributed by atoms with Crippen LogP contribution in [0.2, 0.25) is 0 Å². The highest BCUT2D eigenvalue weighted by atomic mass is 32.1. The molecule has 2 fully saturated rings. The van der Waals surface area contributed by atoms with Gasteiger partial charge in [0.2, 0.25) is 0 Å². The van der Waals surface area contributed by atoms with E-state index in [1.54, 1.807) is 11.4 Å². The molecule has 0 radical (unpaired) electrons. The van der Waals surface area contributed by atoms with Crippen LogP contribution in [0, 0.1) is 11.8 Å². The number of nitrogens with one attached hydrogen (secondary N) is 1. The maximum atomic E-state index is 12.2. The lowest BCUT2D eigenvalue weighted by Gasteiger charge is -2.17. The molecule has 0 aromatic carbocycles. The molecule has 106 valence electrons. The first-order chi connectivity index (χ1) is 9.63. The molecular formula is C15H17NO3S. The van der Waals surface area contributed by atoms with Crippen molar-refractivity contribution in [2.24, 2.45) is 11.8 Å². The van der Waals surface area contributed by atoms with Crippen LogP contribution in [0.1, 0.15) is 40.9 Å². The van der Waals surface area contributed by atoms with E-state index in [1.165, 1.54) is 43.1 Å². The van der Waals surface area contributed by atoms with Crippen LogP contribution in [0.15, 0.2) is 17.5 Å². The number of hydrogen-bond donors (Lipinski definition) is 2. The van der Waals surface area contributed by atoms with Gasteiger partial charge in [-0.1, -0.05) is 0 Å². The zero-order chi connectivity index (χ0) is 14.1. The van der Waals surface area contributed by atoms with Crippen LogP contribution in [0.4, 0.5) is 0 Å². The van der Waals surface area contributed by atoms with Gasteiger partial charge in [-0.3, -0.25) is 4.79 Å². The smallest absolute Gasteiger partial charge is 0.328 e. The average Bonchev–Trinajstić information content (AvgIpc) is 3.32. The van der Waals surface area contributed by atoms with Gasteiger partial charge in [-0.2, -0.15) is 0 Å². The van der Waals surface area contributed by atoms with Gasteiger partial charge >= 0.3 is 5.97 Å². The van der Waals surface area contributed by atoms with Gasteiger partial charge in [0.05, 0.1) is 5.56 Å². The van der Waals surface area contributed by atoms with Crippen molar-refractivity contribution in [2.45, 2.75) is 31.7 Å². The fourth-order valence-corrected chi connectivity index (χ4v) is 3.26. The SMILES string of the molecule is O=C(O)C=Cc1cc(C(=O)NC(C2CC2)C2CC2)cs1. The molecule has 2 aliphatic carbocycles. The largest absolute Gasteiger partial charge is 0.478 e. The number of carbonyl (C=O) groups excluding carboxylic acids is 1. The van der Waals surface area contributed by atoms with Gasteiger partial charge < -0.3 is 10.4 Å². The van der Waals surface area contributed by atoms with Crippen molar-refractivity contribution < 1.29 is 14.7 Å². The summed E-state index contributed by atoms with van der Waals surface area (Å²) in [4.78, 5) is 23.5. The fourth-order valence-electron chi connectivity index (χ4n) is 2.48. The van der Waals surface area contributed by atoms with Gasteiger partial charge in [-0.15, -0.1) is 11.3 Å². The number of carbonyl (C=O) groups is 2. The van der Waals surface area contributed by atoms with Crippen LogP contribution >= 0.6 is 11.3 Å². The molecule has 0 unspecified atom stereocenters. The second-order valence-electron chi connectivity index (χ2n) is 5.58. The Bertz CT molecular complexity index is 543. The molecule has 0 saturated heterocycles.